The van der Waals surface area contributed by atoms with Gasteiger partial charge in [-0.05, 0) is 31.0 Å². The van der Waals surface area contributed by atoms with Gasteiger partial charge in [0.25, 0.3) is 5.91 Å². The Hall–Kier alpha value is -2.34. The molecule has 0 aliphatic carbocycles. The zero-order chi connectivity index (χ0) is 17.5. The second-order valence-electron chi connectivity index (χ2n) is 5.30. The molecular formula is C17H21ClN4O2. The van der Waals surface area contributed by atoms with Gasteiger partial charge in [0.2, 0.25) is 5.95 Å². The van der Waals surface area contributed by atoms with Gasteiger partial charge in [0.15, 0.2) is 0 Å². The average Bonchev–Trinajstić information content (AvgIpc) is 2.58. The molecule has 0 spiro atoms. The summed E-state index contributed by atoms with van der Waals surface area (Å²) in [6.07, 6.45) is 3.64. The Morgan fingerprint density at radius 2 is 2.17 bits per heavy atom. The lowest BCUT2D eigenvalue weighted by Gasteiger charge is -2.12. The second-order valence-corrected chi connectivity index (χ2v) is 5.71. The average molecular weight is 349 g/mol. The number of nitrogens with one attached hydrogen (secondary N) is 2. The van der Waals surface area contributed by atoms with Crippen LogP contribution in [0.2, 0.25) is 5.02 Å². The van der Waals surface area contributed by atoms with Gasteiger partial charge in [-0.25, -0.2) is 9.97 Å². The number of carbonyl (C=O) groups is 1. The summed E-state index contributed by atoms with van der Waals surface area (Å²) >= 11 is 6.08. The zero-order valence-corrected chi connectivity index (χ0v) is 14.8. The summed E-state index contributed by atoms with van der Waals surface area (Å²) in [5, 5.41) is 6.48. The smallest absolute Gasteiger partial charge is 0.274 e. The van der Waals surface area contributed by atoms with E-state index in [1.54, 1.807) is 24.4 Å². The van der Waals surface area contributed by atoms with Crippen LogP contribution < -0.4 is 15.4 Å². The second kappa shape index (κ2) is 8.49. The van der Waals surface area contributed by atoms with Crippen LogP contribution in [-0.2, 0) is 0 Å². The van der Waals surface area contributed by atoms with Gasteiger partial charge in [-0.3, -0.25) is 4.79 Å². The highest BCUT2D eigenvalue weighted by molar-refractivity contribution is 6.31. The number of hydrogen-bond acceptors (Lipinski definition) is 5. The first-order chi connectivity index (χ1) is 11.5. The molecule has 1 aromatic heterocycles. The van der Waals surface area contributed by atoms with Crippen LogP contribution in [0.15, 0.2) is 24.4 Å². The van der Waals surface area contributed by atoms with Gasteiger partial charge in [-0.2, -0.15) is 0 Å². The Balaban J connectivity index is 2.15. The van der Waals surface area contributed by atoms with Crippen molar-refractivity contribution in [2.45, 2.75) is 26.7 Å². The summed E-state index contributed by atoms with van der Waals surface area (Å²) in [5.74, 6) is 0.598. The molecule has 24 heavy (non-hydrogen) atoms. The van der Waals surface area contributed by atoms with Crippen LogP contribution in [0.5, 0.6) is 5.75 Å². The van der Waals surface area contributed by atoms with Gasteiger partial charge < -0.3 is 15.4 Å². The topological polar surface area (TPSA) is 76.1 Å². The number of methoxy groups -OCH3 is 1. The molecule has 7 heteroatoms. The molecule has 0 saturated carbocycles. The van der Waals surface area contributed by atoms with Crippen molar-refractivity contribution >= 4 is 29.1 Å². The Kier molecular flexibility index (Phi) is 6.37. The van der Waals surface area contributed by atoms with Gasteiger partial charge in [0.05, 0.1) is 12.8 Å². The Labute approximate surface area is 146 Å². The SMILES string of the molecule is CCCCNc1nccc(C(=O)Nc2cc(C)c(Cl)cc2OC)n1. The number of hydrogen-bond donors (Lipinski definition) is 2. The van der Waals surface area contributed by atoms with Crippen LogP contribution in [0.4, 0.5) is 11.6 Å². The Bertz CT molecular complexity index is 722. The third-order valence-corrected chi connectivity index (χ3v) is 3.84. The number of anilines is 2. The lowest BCUT2D eigenvalue weighted by molar-refractivity contribution is 0.102. The maximum Gasteiger partial charge on any atom is 0.274 e. The lowest BCUT2D eigenvalue weighted by Crippen LogP contribution is -2.16. The summed E-state index contributed by atoms with van der Waals surface area (Å²) in [5.41, 5.74) is 1.67. The van der Waals surface area contributed by atoms with Crippen molar-refractivity contribution in [3.05, 3.63) is 40.7 Å². The maximum atomic E-state index is 12.4. The van der Waals surface area contributed by atoms with E-state index in [1.165, 1.54) is 7.11 Å². The van der Waals surface area contributed by atoms with Gasteiger partial charge in [0, 0.05) is 23.8 Å². The molecule has 0 unspecified atom stereocenters. The number of benzene rings is 1. The molecule has 0 fully saturated rings. The number of unbranched alkanes of at least 4 members (excludes halogenated alkanes) is 1. The van der Waals surface area contributed by atoms with Gasteiger partial charge in [0.1, 0.15) is 11.4 Å². The molecule has 128 valence electrons. The first-order valence-electron chi connectivity index (χ1n) is 7.77. The van der Waals surface area contributed by atoms with E-state index in [4.69, 9.17) is 16.3 Å². The molecule has 0 saturated heterocycles. The van der Waals surface area contributed by atoms with Gasteiger partial charge in [-0.15, -0.1) is 0 Å². The summed E-state index contributed by atoms with van der Waals surface area (Å²) in [6, 6.07) is 5.00. The summed E-state index contributed by atoms with van der Waals surface area (Å²) in [4.78, 5) is 20.8. The monoisotopic (exact) mass is 348 g/mol. The molecule has 0 bridgehead atoms. The van der Waals surface area contributed by atoms with Crippen molar-refractivity contribution < 1.29 is 9.53 Å². The van der Waals surface area contributed by atoms with Crippen molar-refractivity contribution in [2.75, 3.05) is 24.3 Å². The summed E-state index contributed by atoms with van der Waals surface area (Å²) in [6.45, 7) is 4.73. The van der Waals surface area contributed by atoms with E-state index in [2.05, 4.69) is 27.5 Å². The van der Waals surface area contributed by atoms with E-state index in [9.17, 15) is 4.79 Å². The third-order valence-electron chi connectivity index (χ3n) is 3.43. The van der Waals surface area contributed by atoms with Crippen LogP contribution >= 0.6 is 11.6 Å². The number of aromatic nitrogens is 2. The van der Waals surface area contributed by atoms with E-state index in [0.717, 1.165) is 24.9 Å². The molecule has 0 radical (unpaired) electrons. The first-order valence-corrected chi connectivity index (χ1v) is 8.15. The highest BCUT2D eigenvalue weighted by Crippen LogP contribution is 2.31. The molecular weight excluding hydrogens is 328 g/mol. The van der Waals surface area contributed by atoms with Crippen LogP contribution in [0.3, 0.4) is 0 Å². The summed E-state index contributed by atoms with van der Waals surface area (Å²) in [7, 11) is 1.52. The molecule has 1 amide bonds. The quantitative estimate of drug-likeness (QED) is 0.742. The molecule has 2 N–H and O–H groups in total. The lowest BCUT2D eigenvalue weighted by atomic mass is 10.2. The first kappa shape index (κ1) is 18.0. The zero-order valence-electron chi connectivity index (χ0n) is 14.0. The van der Waals surface area contributed by atoms with Gasteiger partial charge >= 0.3 is 0 Å². The molecule has 0 aliphatic heterocycles. The maximum absolute atomic E-state index is 12.4. The molecule has 1 heterocycles. The third kappa shape index (κ3) is 4.58. The number of nitrogens with zero attached hydrogens (tertiary/aromatic N) is 2. The predicted octanol–water partition coefficient (Wildman–Crippen LogP) is 3.91. The predicted molar refractivity (Wildman–Crippen MR) is 96.1 cm³/mol. The molecule has 0 aliphatic rings. The number of carbonyl (C=O) groups excluding carboxylic acids is 1. The van der Waals surface area contributed by atoms with E-state index in [-0.39, 0.29) is 11.6 Å². The molecule has 1 aromatic carbocycles. The highest BCUT2D eigenvalue weighted by atomic mass is 35.5. The van der Waals surface area contributed by atoms with Crippen molar-refractivity contribution in [1.29, 1.82) is 0 Å². The fourth-order valence-corrected chi connectivity index (χ4v) is 2.22. The molecule has 6 nitrogen and oxygen atoms in total. The Morgan fingerprint density at radius 1 is 1.38 bits per heavy atom. The minimum absolute atomic E-state index is 0.277. The minimum atomic E-state index is -0.337. The minimum Gasteiger partial charge on any atom is -0.495 e. The largest absolute Gasteiger partial charge is 0.495 e. The molecule has 0 atom stereocenters. The van der Waals surface area contributed by atoms with Crippen LogP contribution in [0, 0.1) is 6.92 Å². The number of halogens is 1. The Morgan fingerprint density at radius 3 is 2.88 bits per heavy atom. The van der Waals surface area contributed by atoms with E-state index in [1.807, 2.05) is 6.92 Å². The fraction of sp³-hybridized carbons (Fsp3) is 0.353. The number of amides is 1. The van der Waals surface area contributed by atoms with Crippen molar-refractivity contribution in [1.82, 2.24) is 9.97 Å². The van der Waals surface area contributed by atoms with Crippen molar-refractivity contribution in [2.24, 2.45) is 0 Å². The summed E-state index contributed by atoms with van der Waals surface area (Å²) < 4.78 is 5.26. The van der Waals surface area contributed by atoms with Crippen LogP contribution in [-0.4, -0.2) is 29.5 Å². The standard InChI is InChI=1S/C17H21ClN4O2/c1-4-5-7-19-17-20-8-6-13(22-17)16(23)21-14-9-11(2)12(18)10-15(14)24-3/h6,8-10H,4-5,7H2,1-3H3,(H,21,23)(H,19,20,22). The fourth-order valence-electron chi connectivity index (χ4n) is 2.06. The number of ether oxygens (including phenoxy) is 1. The van der Waals surface area contributed by atoms with Crippen LogP contribution in [0.25, 0.3) is 0 Å². The number of aryl methyl sites for hydroxylation is 1. The normalized spacial score (nSPS) is 10.3. The molecule has 2 rings (SSSR count). The van der Waals surface area contributed by atoms with Crippen LogP contribution in [0.1, 0.15) is 35.8 Å². The van der Waals surface area contributed by atoms with Crippen molar-refractivity contribution in [3.63, 3.8) is 0 Å². The highest BCUT2D eigenvalue weighted by Gasteiger charge is 2.13. The number of rotatable bonds is 7. The van der Waals surface area contributed by atoms with E-state index >= 15 is 0 Å². The molecule has 2 aromatic rings. The van der Waals surface area contributed by atoms with Crippen molar-refractivity contribution in [3.8, 4) is 5.75 Å². The van der Waals surface area contributed by atoms with E-state index in [0.29, 0.717) is 22.4 Å². The van der Waals surface area contributed by atoms with E-state index < -0.39 is 0 Å². The van der Waals surface area contributed by atoms with Gasteiger partial charge in [-0.1, -0.05) is 24.9 Å².